The summed E-state index contributed by atoms with van der Waals surface area (Å²) < 4.78 is 76.4. The van der Waals surface area contributed by atoms with Crippen LogP contribution in [0.4, 0.5) is 33.5 Å². The Bertz CT molecular complexity index is 1510. The van der Waals surface area contributed by atoms with Gasteiger partial charge >= 0.3 is 6.18 Å². The Morgan fingerprint density at radius 3 is 2.32 bits per heavy atom. The fourth-order valence-electron chi connectivity index (χ4n) is 5.25. The Labute approximate surface area is 255 Å². The number of aromatic nitrogens is 1. The second-order valence-corrected chi connectivity index (χ2v) is 11.1. The highest BCUT2D eigenvalue weighted by Crippen LogP contribution is 2.45. The van der Waals surface area contributed by atoms with Gasteiger partial charge in [-0.2, -0.15) is 13.2 Å². The fourth-order valence-corrected chi connectivity index (χ4v) is 5.38. The van der Waals surface area contributed by atoms with Crippen molar-refractivity contribution in [2.45, 2.75) is 37.5 Å². The highest BCUT2D eigenvalue weighted by molar-refractivity contribution is 6.30. The number of methoxy groups -OCH3 is 1. The number of β-amino-alcohol motifs (C(OH)–C–C–N with tert-alkyl or cyclic N) is 1. The van der Waals surface area contributed by atoms with Gasteiger partial charge in [-0.1, -0.05) is 11.6 Å². The van der Waals surface area contributed by atoms with Gasteiger partial charge in [0, 0.05) is 73.5 Å². The van der Waals surface area contributed by atoms with E-state index in [4.69, 9.17) is 16.3 Å². The molecule has 44 heavy (non-hydrogen) atoms. The number of carbonyl (C=O) groups excluding carboxylic acids is 2. The summed E-state index contributed by atoms with van der Waals surface area (Å²) >= 11 is 5.63. The van der Waals surface area contributed by atoms with Crippen molar-refractivity contribution >= 4 is 34.9 Å². The molecule has 2 aromatic carbocycles. The molecule has 2 aliphatic heterocycles. The summed E-state index contributed by atoms with van der Waals surface area (Å²) in [6.45, 7) is 1.35. The van der Waals surface area contributed by atoms with Crippen LogP contribution < -0.4 is 19.9 Å². The number of pyridine rings is 1. The lowest BCUT2D eigenvalue weighted by Gasteiger charge is -2.28. The van der Waals surface area contributed by atoms with E-state index < -0.39 is 46.6 Å². The highest BCUT2D eigenvalue weighted by atomic mass is 35.5. The third-order valence-electron chi connectivity index (χ3n) is 7.40. The minimum Gasteiger partial charge on any atom is -0.497 e. The van der Waals surface area contributed by atoms with Crippen molar-refractivity contribution in [1.82, 2.24) is 10.3 Å². The second kappa shape index (κ2) is 12.9. The number of carbonyl (C=O) groups is 2. The number of alkyl halides is 3. The van der Waals surface area contributed by atoms with Crippen molar-refractivity contribution in [2.75, 3.05) is 43.6 Å². The molecule has 2 amide bonds. The lowest BCUT2D eigenvalue weighted by molar-refractivity contribution is -0.136. The highest BCUT2D eigenvalue weighted by Gasteiger charge is 2.45. The summed E-state index contributed by atoms with van der Waals surface area (Å²) in [5.74, 6) is -4.37. The topological polar surface area (TPSA) is 95.0 Å². The van der Waals surface area contributed by atoms with Gasteiger partial charge in [0.1, 0.15) is 28.8 Å². The SMILES string of the molecule is CNC(=O)c1ccc(Cl)cc1.COc1cc(F)c(C2CC(=O)N(c3nccc(N4CCC(C)(O)C4)c3C(F)(F)F)C2)c(F)c1. The number of nitrogens with zero attached hydrogens (tertiary/aromatic N) is 3. The lowest BCUT2D eigenvalue weighted by atomic mass is 9.97. The van der Waals surface area contributed by atoms with E-state index in [-0.39, 0.29) is 55.4 Å². The zero-order valence-corrected chi connectivity index (χ0v) is 24.8. The van der Waals surface area contributed by atoms with E-state index >= 15 is 0 Å². The summed E-state index contributed by atoms with van der Waals surface area (Å²) in [6, 6.07) is 9.85. The number of ether oxygens (including phenoxy) is 1. The van der Waals surface area contributed by atoms with Gasteiger partial charge < -0.3 is 20.1 Å². The molecule has 14 heteroatoms. The third-order valence-corrected chi connectivity index (χ3v) is 7.65. The van der Waals surface area contributed by atoms with Crippen LogP contribution in [-0.2, 0) is 11.0 Å². The van der Waals surface area contributed by atoms with Gasteiger partial charge in [0.05, 0.1) is 18.4 Å². The average molecular weight is 641 g/mol. The smallest absolute Gasteiger partial charge is 0.421 e. The van der Waals surface area contributed by atoms with Crippen molar-refractivity contribution in [2.24, 2.45) is 0 Å². The number of halogens is 6. The molecular formula is C30H30ClF5N4O4. The van der Waals surface area contributed by atoms with Crippen LogP contribution >= 0.6 is 11.6 Å². The van der Waals surface area contributed by atoms with Gasteiger partial charge in [0.2, 0.25) is 5.91 Å². The van der Waals surface area contributed by atoms with Crippen LogP contribution in [0.1, 0.15) is 47.2 Å². The molecule has 2 N–H and O–H groups in total. The molecule has 0 aliphatic carbocycles. The Hall–Kier alpha value is -3.97. The Morgan fingerprint density at radius 1 is 1.16 bits per heavy atom. The number of hydrogen-bond acceptors (Lipinski definition) is 6. The zero-order valence-electron chi connectivity index (χ0n) is 24.0. The summed E-state index contributed by atoms with van der Waals surface area (Å²) in [7, 11) is 2.84. The van der Waals surface area contributed by atoms with Crippen LogP contribution in [0, 0.1) is 11.6 Å². The molecule has 2 atom stereocenters. The molecule has 0 saturated carbocycles. The summed E-state index contributed by atoms with van der Waals surface area (Å²) in [5.41, 5.74) is -2.23. The number of aliphatic hydroxyl groups is 1. The molecule has 2 fully saturated rings. The first-order chi connectivity index (χ1) is 20.6. The van der Waals surface area contributed by atoms with Crippen LogP contribution in [0.5, 0.6) is 5.75 Å². The van der Waals surface area contributed by atoms with Gasteiger partial charge in [-0.25, -0.2) is 13.8 Å². The van der Waals surface area contributed by atoms with Crippen LogP contribution in [-0.4, -0.2) is 61.3 Å². The Morgan fingerprint density at radius 2 is 1.80 bits per heavy atom. The Kier molecular flexibility index (Phi) is 9.69. The van der Waals surface area contributed by atoms with Crippen molar-refractivity contribution in [1.29, 1.82) is 0 Å². The summed E-state index contributed by atoms with van der Waals surface area (Å²) in [4.78, 5) is 29.7. The molecule has 0 spiro atoms. The second-order valence-electron chi connectivity index (χ2n) is 10.7. The van der Waals surface area contributed by atoms with E-state index in [2.05, 4.69) is 10.3 Å². The van der Waals surface area contributed by atoms with Gasteiger partial charge in [0.15, 0.2) is 0 Å². The predicted molar refractivity (Wildman–Crippen MR) is 154 cm³/mol. The molecular weight excluding hydrogens is 611 g/mol. The van der Waals surface area contributed by atoms with E-state index in [1.807, 2.05) is 0 Å². The van der Waals surface area contributed by atoms with Crippen LogP contribution in [0.3, 0.4) is 0 Å². The van der Waals surface area contributed by atoms with E-state index in [0.717, 1.165) is 23.2 Å². The van der Waals surface area contributed by atoms with E-state index in [1.54, 1.807) is 31.3 Å². The van der Waals surface area contributed by atoms with Gasteiger partial charge in [0.25, 0.3) is 5.91 Å². The number of amides is 2. The largest absolute Gasteiger partial charge is 0.497 e. The van der Waals surface area contributed by atoms with Crippen LogP contribution in [0.15, 0.2) is 48.7 Å². The average Bonchev–Trinajstić information content (AvgIpc) is 3.53. The first kappa shape index (κ1) is 32.9. The van der Waals surface area contributed by atoms with Crippen molar-refractivity contribution in [3.05, 3.63) is 82.0 Å². The van der Waals surface area contributed by atoms with E-state index in [0.29, 0.717) is 10.6 Å². The molecule has 1 aromatic heterocycles. The molecule has 2 unspecified atom stereocenters. The van der Waals surface area contributed by atoms with Gasteiger partial charge in [-0.05, 0) is 43.7 Å². The van der Waals surface area contributed by atoms with Crippen LogP contribution in [0.2, 0.25) is 5.02 Å². The molecule has 0 radical (unpaired) electrons. The zero-order chi connectivity index (χ0) is 32.4. The maximum atomic E-state index is 14.5. The molecule has 0 bridgehead atoms. The lowest BCUT2D eigenvalue weighted by Crippen LogP contribution is -2.33. The third kappa shape index (κ3) is 7.21. The Balaban J connectivity index is 0.000000339. The van der Waals surface area contributed by atoms with Gasteiger partial charge in [-0.3, -0.25) is 14.5 Å². The summed E-state index contributed by atoms with van der Waals surface area (Å²) in [5, 5.41) is 13.4. The molecule has 236 valence electrons. The monoisotopic (exact) mass is 640 g/mol. The molecule has 3 aromatic rings. The first-order valence-electron chi connectivity index (χ1n) is 13.5. The predicted octanol–water partition coefficient (Wildman–Crippen LogP) is 5.57. The first-order valence-corrected chi connectivity index (χ1v) is 13.9. The maximum Gasteiger partial charge on any atom is 0.421 e. The molecule has 8 nitrogen and oxygen atoms in total. The van der Waals surface area contributed by atoms with E-state index in [1.165, 1.54) is 25.0 Å². The molecule has 2 saturated heterocycles. The van der Waals surface area contributed by atoms with Crippen molar-refractivity contribution in [3.63, 3.8) is 0 Å². The molecule has 5 rings (SSSR count). The quantitative estimate of drug-likeness (QED) is 0.354. The number of rotatable bonds is 5. The molecule has 2 aliphatic rings. The van der Waals surface area contributed by atoms with Crippen LogP contribution in [0.25, 0.3) is 0 Å². The van der Waals surface area contributed by atoms with E-state index in [9.17, 15) is 36.6 Å². The number of anilines is 2. The minimum atomic E-state index is -4.86. The number of benzene rings is 2. The summed E-state index contributed by atoms with van der Waals surface area (Å²) in [6.07, 6.45) is -3.80. The van der Waals surface area contributed by atoms with Gasteiger partial charge in [-0.15, -0.1) is 0 Å². The maximum absolute atomic E-state index is 14.5. The van der Waals surface area contributed by atoms with Crippen molar-refractivity contribution in [3.8, 4) is 5.75 Å². The van der Waals surface area contributed by atoms with Crippen molar-refractivity contribution < 1.29 is 41.4 Å². The normalized spacial score (nSPS) is 20.0. The standard InChI is InChI=1S/C22H22F5N3O3.C8H8ClNO/c1-21(32)4-6-29(11-21)16-3-5-28-20(19(16)22(25,26)27)30-10-12(7-17(30)31)18-14(23)8-13(33-2)9-15(18)24;1-10-8(11)6-2-4-7(9)5-3-6/h3,5,8-9,12,32H,4,6-7,10-11H2,1-2H3;2-5H,1H3,(H,10,11). The molecule has 3 heterocycles. The fraction of sp³-hybridized carbons (Fsp3) is 0.367. The number of hydrogen-bond donors (Lipinski definition) is 2. The number of nitrogens with one attached hydrogen (secondary N) is 1. The minimum absolute atomic E-state index is 0.0155.